The summed E-state index contributed by atoms with van der Waals surface area (Å²) in [5, 5.41) is 0. The van der Waals surface area contributed by atoms with E-state index in [1.54, 1.807) is 6.07 Å². The molecular formula is C16H26N2O3. The topological polar surface area (TPSA) is 77.5 Å². The molecule has 1 aromatic rings. The Morgan fingerprint density at radius 3 is 2.95 bits per heavy atom. The van der Waals surface area contributed by atoms with Gasteiger partial charge in [-0.05, 0) is 36.7 Å². The first kappa shape index (κ1) is 16.0. The number of nitrogens with one attached hydrogen (secondary N) is 1. The number of hydrazine groups is 1. The Kier molecular flexibility index (Phi) is 5.42. The van der Waals surface area contributed by atoms with Crippen LogP contribution < -0.4 is 11.3 Å². The van der Waals surface area contributed by atoms with Crippen LogP contribution in [0.2, 0.25) is 0 Å². The maximum atomic E-state index is 11.6. The first-order valence-electron chi connectivity index (χ1n) is 7.71. The van der Waals surface area contributed by atoms with Crippen molar-refractivity contribution in [3.63, 3.8) is 0 Å². The van der Waals surface area contributed by atoms with Crippen LogP contribution in [0.4, 0.5) is 0 Å². The summed E-state index contributed by atoms with van der Waals surface area (Å²) in [5.41, 5.74) is 2.57. The Balaban J connectivity index is 2.00. The van der Waals surface area contributed by atoms with Crippen molar-refractivity contribution in [3.05, 3.63) is 23.7 Å². The summed E-state index contributed by atoms with van der Waals surface area (Å²) in [6.45, 7) is 7.08. The minimum absolute atomic E-state index is 0.229. The van der Waals surface area contributed by atoms with E-state index in [1.807, 2.05) is 0 Å². The van der Waals surface area contributed by atoms with Crippen LogP contribution in [0, 0.1) is 17.8 Å². The zero-order valence-electron chi connectivity index (χ0n) is 13.1. The van der Waals surface area contributed by atoms with Gasteiger partial charge in [0.1, 0.15) is 12.4 Å². The number of nitrogen functional groups attached to an aromatic ring is 1. The SMILES string of the molecule is CC1CCC(C(C)C)C(OCc2occc2C(=O)NN)C1. The van der Waals surface area contributed by atoms with Gasteiger partial charge in [-0.1, -0.05) is 27.2 Å². The molecule has 1 aromatic heterocycles. The second kappa shape index (κ2) is 7.09. The zero-order valence-corrected chi connectivity index (χ0v) is 13.1. The molecule has 0 spiro atoms. The van der Waals surface area contributed by atoms with Gasteiger partial charge in [0, 0.05) is 0 Å². The largest absolute Gasteiger partial charge is 0.466 e. The van der Waals surface area contributed by atoms with Crippen LogP contribution in [0.1, 0.15) is 56.2 Å². The molecule has 0 bridgehead atoms. The van der Waals surface area contributed by atoms with Crippen molar-refractivity contribution in [3.8, 4) is 0 Å². The first-order valence-corrected chi connectivity index (χ1v) is 7.71. The summed E-state index contributed by atoms with van der Waals surface area (Å²) in [6.07, 6.45) is 5.27. The highest BCUT2D eigenvalue weighted by Gasteiger charge is 2.31. The van der Waals surface area contributed by atoms with E-state index in [2.05, 4.69) is 26.2 Å². The van der Waals surface area contributed by atoms with Crippen molar-refractivity contribution >= 4 is 5.91 Å². The van der Waals surface area contributed by atoms with Gasteiger partial charge >= 0.3 is 0 Å². The average molecular weight is 294 g/mol. The molecule has 1 saturated carbocycles. The average Bonchev–Trinajstić information content (AvgIpc) is 2.92. The van der Waals surface area contributed by atoms with Crippen LogP contribution in [0.3, 0.4) is 0 Å². The third-order valence-corrected chi connectivity index (χ3v) is 4.51. The van der Waals surface area contributed by atoms with Gasteiger partial charge in [0.2, 0.25) is 0 Å². The fourth-order valence-electron chi connectivity index (χ4n) is 3.22. The molecule has 1 amide bonds. The smallest absolute Gasteiger partial charge is 0.268 e. The van der Waals surface area contributed by atoms with E-state index >= 15 is 0 Å². The fraction of sp³-hybridized carbons (Fsp3) is 0.688. The lowest BCUT2D eigenvalue weighted by Crippen LogP contribution is -2.34. The number of amides is 1. The predicted octanol–water partition coefficient (Wildman–Crippen LogP) is 2.86. The normalized spacial score (nSPS) is 26.0. The van der Waals surface area contributed by atoms with Gasteiger partial charge in [-0.3, -0.25) is 10.2 Å². The number of hydrogen-bond acceptors (Lipinski definition) is 4. The van der Waals surface area contributed by atoms with Gasteiger partial charge in [0.25, 0.3) is 5.91 Å². The quantitative estimate of drug-likeness (QED) is 0.497. The zero-order chi connectivity index (χ0) is 15.4. The summed E-state index contributed by atoms with van der Waals surface area (Å²) in [4.78, 5) is 11.6. The van der Waals surface area contributed by atoms with E-state index in [0.29, 0.717) is 35.7 Å². The second-order valence-electron chi connectivity index (χ2n) is 6.41. The molecule has 0 radical (unpaired) electrons. The molecule has 2 rings (SSSR count). The third-order valence-electron chi connectivity index (χ3n) is 4.51. The number of furan rings is 1. The minimum atomic E-state index is -0.347. The summed E-state index contributed by atoms with van der Waals surface area (Å²) < 4.78 is 11.5. The Morgan fingerprint density at radius 1 is 1.52 bits per heavy atom. The van der Waals surface area contributed by atoms with Gasteiger partial charge in [0.15, 0.2) is 0 Å². The molecule has 0 saturated heterocycles. The fourth-order valence-corrected chi connectivity index (χ4v) is 3.22. The molecule has 1 fully saturated rings. The Hall–Kier alpha value is -1.33. The maximum Gasteiger partial charge on any atom is 0.268 e. The number of hydrogen-bond donors (Lipinski definition) is 2. The molecule has 0 aromatic carbocycles. The Morgan fingerprint density at radius 2 is 2.29 bits per heavy atom. The third kappa shape index (κ3) is 3.86. The van der Waals surface area contributed by atoms with Gasteiger partial charge < -0.3 is 9.15 Å². The monoisotopic (exact) mass is 294 g/mol. The number of ether oxygens (including phenoxy) is 1. The van der Waals surface area contributed by atoms with Crippen LogP contribution in [0.15, 0.2) is 16.7 Å². The maximum absolute atomic E-state index is 11.6. The van der Waals surface area contributed by atoms with Crippen LogP contribution in [-0.2, 0) is 11.3 Å². The number of carbonyl (C=O) groups is 1. The van der Waals surface area contributed by atoms with E-state index in [1.165, 1.54) is 19.1 Å². The number of carbonyl (C=O) groups excluding carboxylic acids is 1. The van der Waals surface area contributed by atoms with Crippen molar-refractivity contribution in [2.24, 2.45) is 23.6 Å². The van der Waals surface area contributed by atoms with Crippen LogP contribution >= 0.6 is 0 Å². The molecule has 3 N–H and O–H groups in total. The molecule has 5 heteroatoms. The van der Waals surface area contributed by atoms with Crippen molar-refractivity contribution < 1.29 is 13.9 Å². The number of nitrogens with two attached hydrogens (primary N) is 1. The molecular weight excluding hydrogens is 268 g/mol. The molecule has 1 aliphatic carbocycles. The molecule has 5 nitrogen and oxygen atoms in total. The molecule has 1 heterocycles. The van der Waals surface area contributed by atoms with E-state index in [9.17, 15) is 4.79 Å². The van der Waals surface area contributed by atoms with E-state index in [4.69, 9.17) is 15.0 Å². The van der Waals surface area contributed by atoms with Crippen molar-refractivity contribution in [2.75, 3.05) is 0 Å². The predicted molar refractivity (Wildman–Crippen MR) is 80.3 cm³/mol. The first-order chi connectivity index (χ1) is 10.0. The molecule has 0 aliphatic heterocycles. The summed E-state index contributed by atoms with van der Waals surface area (Å²) in [7, 11) is 0. The standard InChI is InChI=1S/C16H26N2O3/c1-10(2)12-5-4-11(3)8-14(12)21-9-15-13(6-7-20-15)16(19)18-17/h6-7,10-12,14H,4-5,8-9,17H2,1-3H3,(H,18,19). The van der Waals surface area contributed by atoms with Crippen LogP contribution in [0.5, 0.6) is 0 Å². The van der Waals surface area contributed by atoms with Crippen molar-refractivity contribution in [1.82, 2.24) is 5.43 Å². The lowest BCUT2D eigenvalue weighted by Gasteiger charge is -2.37. The lowest BCUT2D eigenvalue weighted by molar-refractivity contribution is -0.0524. The van der Waals surface area contributed by atoms with Gasteiger partial charge in [-0.15, -0.1) is 0 Å². The summed E-state index contributed by atoms with van der Waals surface area (Å²) in [6, 6.07) is 1.62. The molecule has 3 atom stereocenters. The molecule has 21 heavy (non-hydrogen) atoms. The van der Waals surface area contributed by atoms with Crippen LogP contribution in [0.25, 0.3) is 0 Å². The summed E-state index contributed by atoms with van der Waals surface area (Å²) >= 11 is 0. The van der Waals surface area contributed by atoms with Gasteiger partial charge in [-0.25, -0.2) is 5.84 Å². The molecule has 118 valence electrons. The Labute approximate surface area is 126 Å². The highest BCUT2D eigenvalue weighted by molar-refractivity contribution is 5.94. The highest BCUT2D eigenvalue weighted by atomic mass is 16.5. The van der Waals surface area contributed by atoms with Gasteiger partial charge in [0.05, 0.1) is 17.9 Å². The van der Waals surface area contributed by atoms with Gasteiger partial charge in [-0.2, -0.15) is 0 Å². The molecule has 1 aliphatic rings. The van der Waals surface area contributed by atoms with E-state index in [-0.39, 0.29) is 12.0 Å². The lowest BCUT2D eigenvalue weighted by atomic mass is 9.75. The van der Waals surface area contributed by atoms with Crippen molar-refractivity contribution in [2.45, 2.75) is 52.7 Å². The molecule has 3 unspecified atom stereocenters. The second-order valence-corrected chi connectivity index (χ2v) is 6.41. The number of rotatable bonds is 5. The summed E-state index contributed by atoms with van der Waals surface area (Å²) in [5.74, 6) is 7.23. The highest BCUT2D eigenvalue weighted by Crippen LogP contribution is 2.35. The van der Waals surface area contributed by atoms with E-state index in [0.717, 1.165) is 6.42 Å². The van der Waals surface area contributed by atoms with E-state index < -0.39 is 0 Å². The van der Waals surface area contributed by atoms with Crippen LogP contribution in [-0.4, -0.2) is 12.0 Å². The minimum Gasteiger partial charge on any atom is -0.466 e. The Bertz CT molecular complexity index is 470. The van der Waals surface area contributed by atoms with Crippen molar-refractivity contribution in [1.29, 1.82) is 0 Å².